The van der Waals surface area contributed by atoms with Gasteiger partial charge in [0.05, 0.1) is 6.61 Å². The molecule has 1 atom stereocenters. The molecule has 1 aromatic carbocycles. The molecule has 0 radical (unpaired) electrons. The van der Waals surface area contributed by atoms with Crippen LogP contribution in [0.4, 0.5) is 0 Å². The summed E-state index contributed by atoms with van der Waals surface area (Å²) in [6.07, 6.45) is 0. The van der Waals surface area contributed by atoms with Crippen LogP contribution in [-0.2, 0) is 27.4 Å². The molecule has 6 nitrogen and oxygen atoms in total. The van der Waals surface area contributed by atoms with Crippen LogP contribution in [0.2, 0.25) is 0 Å². The van der Waals surface area contributed by atoms with Crippen molar-refractivity contribution in [1.82, 2.24) is 10.2 Å². The van der Waals surface area contributed by atoms with Gasteiger partial charge < -0.3 is 20.7 Å². The predicted molar refractivity (Wildman–Crippen MR) is 80.3 cm³/mol. The summed E-state index contributed by atoms with van der Waals surface area (Å²) in [6.45, 7) is 2.97. The number of benzene rings is 1. The van der Waals surface area contributed by atoms with Crippen molar-refractivity contribution in [2.24, 2.45) is 5.73 Å². The molecule has 116 valence electrons. The van der Waals surface area contributed by atoms with Crippen molar-refractivity contribution < 1.29 is 14.3 Å². The molecule has 3 N–H and O–H groups in total. The molecule has 1 amide bonds. The summed E-state index contributed by atoms with van der Waals surface area (Å²) in [6, 6.07) is 6.52. The fourth-order valence-electron chi connectivity index (χ4n) is 1.86. The molecule has 0 heterocycles. The van der Waals surface area contributed by atoms with Crippen molar-refractivity contribution in [3.63, 3.8) is 0 Å². The normalized spacial score (nSPS) is 12.0. The van der Waals surface area contributed by atoms with E-state index in [0.29, 0.717) is 6.54 Å². The van der Waals surface area contributed by atoms with E-state index >= 15 is 0 Å². The molecule has 21 heavy (non-hydrogen) atoms. The van der Waals surface area contributed by atoms with E-state index in [0.717, 1.165) is 17.7 Å². The van der Waals surface area contributed by atoms with Gasteiger partial charge in [-0.2, -0.15) is 0 Å². The third-order valence-corrected chi connectivity index (χ3v) is 2.88. The highest BCUT2D eigenvalue weighted by molar-refractivity contribution is 6.01. The van der Waals surface area contributed by atoms with Crippen LogP contribution >= 0.6 is 0 Å². The van der Waals surface area contributed by atoms with Crippen LogP contribution in [-0.4, -0.2) is 43.5 Å². The van der Waals surface area contributed by atoms with Gasteiger partial charge in [-0.1, -0.05) is 24.3 Å². The summed E-state index contributed by atoms with van der Waals surface area (Å²) in [5.74, 6) is -1.25. The maximum absolute atomic E-state index is 11.8. The molecule has 0 aromatic heterocycles. The molecule has 1 aromatic rings. The molecule has 1 unspecified atom stereocenters. The lowest BCUT2D eigenvalue weighted by Gasteiger charge is -2.15. The standard InChI is InChI=1S/C15H23N3O3/c1-4-21-15(20)13(16)14(19)17-9-11-7-5-6-8-12(11)10-18(2)3/h5-8,13H,4,9-10,16H2,1-3H3,(H,17,19). The summed E-state index contributed by atoms with van der Waals surface area (Å²) in [4.78, 5) is 25.3. The predicted octanol–water partition coefficient (Wildman–Crippen LogP) is 0.255. The molecule has 0 saturated heterocycles. The molecule has 0 spiro atoms. The number of nitrogens with one attached hydrogen (secondary N) is 1. The molecule has 0 aliphatic carbocycles. The van der Waals surface area contributed by atoms with E-state index in [1.54, 1.807) is 6.92 Å². The lowest BCUT2D eigenvalue weighted by Crippen LogP contribution is -2.46. The highest BCUT2D eigenvalue weighted by atomic mass is 16.5. The third-order valence-electron chi connectivity index (χ3n) is 2.88. The minimum Gasteiger partial charge on any atom is -0.464 e. The highest BCUT2D eigenvalue weighted by Crippen LogP contribution is 2.10. The average molecular weight is 293 g/mol. The van der Waals surface area contributed by atoms with Crippen LogP contribution in [0.15, 0.2) is 24.3 Å². The lowest BCUT2D eigenvalue weighted by atomic mass is 10.1. The molecule has 0 fully saturated rings. The van der Waals surface area contributed by atoms with Crippen LogP contribution in [0, 0.1) is 0 Å². The molecular formula is C15H23N3O3. The minimum atomic E-state index is -1.29. The summed E-state index contributed by atoms with van der Waals surface area (Å²) in [5, 5.41) is 2.67. The van der Waals surface area contributed by atoms with E-state index in [1.807, 2.05) is 43.3 Å². The summed E-state index contributed by atoms with van der Waals surface area (Å²) in [5.41, 5.74) is 7.65. The first kappa shape index (κ1) is 17.1. The van der Waals surface area contributed by atoms with Crippen molar-refractivity contribution in [2.45, 2.75) is 26.1 Å². The van der Waals surface area contributed by atoms with E-state index in [2.05, 4.69) is 5.32 Å². The Balaban J connectivity index is 2.62. The van der Waals surface area contributed by atoms with E-state index in [-0.39, 0.29) is 6.61 Å². The van der Waals surface area contributed by atoms with E-state index in [4.69, 9.17) is 10.5 Å². The molecule has 6 heteroatoms. The van der Waals surface area contributed by atoms with Gasteiger partial charge >= 0.3 is 5.97 Å². The molecule has 1 rings (SSSR count). The van der Waals surface area contributed by atoms with Crippen LogP contribution < -0.4 is 11.1 Å². The monoisotopic (exact) mass is 293 g/mol. The number of nitrogens with two attached hydrogens (primary N) is 1. The van der Waals surface area contributed by atoms with Crippen LogP contribution in [0.5, 0.6) is 0 Å². The highest BCUT2D eigenvalue weighted by Gasteiger charge is 2.23. The molecule has 0 saturated carbocycles. The number of rotatable bonds is 7. The second kappa shape index (κ2) is 8.39. The smallest absolute Gasteiger partial charge is 0.332 e. The van der Waals surface area contributed by atoms with Gasteiger partial charge in [-0.3, -0.25) is 4.79 Å². The van der Waals surface area contributed by atoms with Crippen molar-refractivity contribution >= 4 is 11.9 Å². The van der Waals surface area contributed by atoms with Crippen molar-refractivity contribution in [3.8, 4) is 0 Å². The van der Waals surface area contributed by atoms with Gasteiger partial charge in [0.2, 0.25) is 5.91 Å². The molecule has 0 bridgehead atoms. The number of ether oxygens (including phenoxy) is 1. The molecule has 0 aliphatic heterocycles. The van der Waals surface area contributed by atoms with Crippen molar-refractivity contribution in [3.05, 3.63) is 35.4 Å². The van der Waals surface area contributed by atoms with Crippen LogP contribution in [0.25, 0.3) is 0 Å². The summed E-state index contributed by atoms with van der Waals surface area (Å²) < 4.78 is 4.72. The van der Waals surface area contributed by atoms with Gasteiger partial charge in [-0.15, -0.1) is 0 Å². The molecule has 0 aliphatic rings. The SMILES string of the molecule is CCOC(=O)C(N)C(=O)NCc1ccccc1CN(C)C. The zero-order valence-corrected chi connectivity index (χ0v) is 12.8. The van der Waals surface area contributed by atoms with Gasteiger partial charge in [0.1, 0.15) is 0 Å². The first-order valence-electron chi connectivity index (χ1n) is 6.87. The first-order valence-corrected chi connectivity index (χ1v) is 6.87. The Morgan fingerprint density at radius 2 is 1.90 bits per heavy atom. The largest absolute Gasteiger partial charge is 0.464 e. The van der Waals surface area contributed by atoms with Crippen molar-refractivity contribution in [1.29, 1.82) is 0 Å². The van der Waals surface area contributed by atoms with E-state index in [1.165, 1.54) is 0 Å². The second-order valence-corrected chi connectivity index (χ2v) is 4.95. The number of carbonyl (C=O) groups excluding carboxylic acids is 2. The van der Waals surface area contributed by atoms with Gasteiger partial charge in [0, 0.05) is 13.1 Å². The number of hydrogen-bond acceptors (Lipinski definition) is 5. The number of esters is 1. The number of hydrogen-bond donors (Lipinski definition) is 2. The number of carbonyl (C=O) groups is 2. The fraction of sp³-hybridized carbons (Fsp3) is 0.467. The Hall–Kier alpha value is -1.92. The van der Waals surface area contributed by atoms with Crippen LogP contribution in [0.3, 0.4) is 0 Å². The van der Waals surface area contributed by atoms with Gasteiger partial charge in [0.25, 0.3) is 0 Å². The number of nitrogens with zero attached hydrogens (tertiary/aromatic N) is 1. The third kappa shape index (κ3) is 5.53. The first-order chi connectivity index (χ1) is 9.95. The maximum Gasteiger partial charge on any atom is 0.332 e. The Bertz CT molecular complexity index is 489. The lowest BCUT2D eigenvalue weighted by molar-refractivity contribution is -0.148. The van der Waals surface area contributed by atoms with Gasteiger partial charge in [-0.05, 0) is 32.1 Å². The quantitative estimate of drug-likeness (QED) is 0.556. The number of amides is 1. The zero-order chi connectivity index (χ0) is 15.8. The van der Waals surface area contributed by atoms with E-state index < -0.39 is 17.9 Å². The minimum absolute atomic E-state index is 0.200. The Labute approximate surface area is 125 Å². The average Bonchev–Trinajstić information content (AvgIpc) is 2.44. The van der Waals surface area contributed by atoms with Crippen molar-refractivity contribution in [2.75, 3.05) is 20.7 Å². The Morgan fingerprint density at radius 3 is 2.48 bits per heavy atom. The summed E-state index contributed by atoms with van der Waals surface area (Å²) in [7, 11) is 3.96. The maximum atomic E-state index is 11.8. The van der Waals surface area contributed by atoms with E-state index in [9.17, 15) is 9.59 Å². The second-order valence-electron chi connectivity index (χ2n) is 4.95. The topological polar surface area (TPSA) is 84.7 Å². The van der Waals surface area contributed by atoms with Gasteiger partial charge in [0.15, 0.2) is 6.04 Å². The Morgan fingerprint density at radius 1 is 1.29 bits per heavy atom. The fourth-order valence-corrected chi connectivity index (χ4v) is 1.86. The summed E-state index contributed by atoms with van der Waals surface area (Å²) >= 11 is 0. The molecular weight excluding hydrogens is 270 g/mol. The van der Waals surface area contributed by atoms with Crippen LogP contribution in [0.1, 0.15) is 18.1 Å². The van der Waals surface area contributed by atoms with Gasteiger partial charge in [-0.25, -0.2) is 4.79 Å². The zero-order valence-electron chi connectivity index (χ0n) is 12.8. The Kier molecular flexibility index (Phi) is 6.84.